The second-order valence-corrected chi connectivity index (χ2v) is 6.19. The average molecular weight is 289 g/mol. The first-order valence-corrected chi connectivity index (χ1v) is 8.11. The molecule has 2 rings (SSSR count). The van der Waals surface area contributed by atoms with Crippen LogP contribution in [0.1, 0.15) is 61.3 Å². The predicted octanol–water partition coefficient (Wildman–Crippen LogP) is 4.09. The smallest absolute Gasteiger partial charge is 0.303 e. The highest BCUT2D eigenvalue weighted by Gasteiger charge is 2.24. The Morgan fingerprint density at radius 1 is 1.29 bits per heavy atom. The van der Waals surface area contributed by atoms with Crippen LogP contribution in [0.25, 0.3) is 0 Å². The predicted molar refractivity (Wildman–Crippen MR) is 85.6 cm³/mol. The van der Waals surface area contributed by atoms with Crippen LogP contribution in [-0.2, 0) is 4.79 Å². The van der Waals surface area contributed by atoms with Crippen LogP contribution in [0.15, 0.2) is 18.2 Å². The summed E-state index contributed by atoms with van der Waals surface area (Å²) in [6.07, 6.45) is 5.84. The zero-order chi connectivity index (χ0) is 15.2. The largest absolute Gasteiger partial charge is 0.481 e. The van der Waals surface area contributed by atoms with Gasteiger partial charge in [0.25, 0.3) is 0 Å². The van der Waals surface area contributed by atoms with Crippen molar-refractivity contribution >= 4 is 5.97 Å². The van der Waals surface area contributed by atoms with E-state index >= 15 is 0 Å². The molecular weight excluding hydrogens is 262 g/mol. The molecule has 21 heavy (non-hydrogen) atoms. The summed E-state index contributed by atoms with van der Waals surface area (Å²) >= 11 is 0. The number of hydrogen-bond acceptors (Lipinski definition) is 2. The summed E-state index contributed by atoms with van der Waals surface area (Å²) in [5.74, 6) is -0.681. The molecule has 116 valence electrons. The number of carboxylic acid groups (broad SMARTS) is 1. The van der Waals surface area contributed by atoms with Gasteiger partial charge in [-0.1, -0.05) is 24.6 Å². The average Bonchev–Trinajstić information content (AvgIpc) is 2.47. The Hall–Kier alpha value is -1.35. The lowest BCUT2D eigenvalue weighted by molar-refractivity contribution is -0.137. The molecule has 3 nitrogen and oxygen atoms in total. The number of rotatable bonds is 6. The molecule has 1 saturated heterocycles. The second-order valence-electron chi connectivity index (χ2n) is 6.19. The third kappa shape index (κ3) is 4.31. The van der Waals surface area contributed by atoms with Crippen molar-refractivity contribution in [1.82, 2.24) is 4.90 Å². The maximum Gasteiger partial charge on any atom is 0.303 e. The van der Waals surface area contributed by atoms with Gasteiger partial charge in [-0.15, -0.1) is 0 Å². The fourth-order valence-corrected chi connectivity index (χ4v) is 3.34. The molecule has 1 heterocycles. The van der Waals surface area contributed by atoms with Crippen LogP contribution >= 0.6 is 0 Å². The number of nitrogens with zero attached hydrogens (tertiary/aromatic N) is 1. The van der Waals surface area contributed by atoms with Crippen LogP contribution in [0.3, 0.4) is 0 Å². The topological polar surface area (TPSA) is 40.5 Å². The summed E-state index contributed by atoms with van der Waals surface area (Å²) < 4.78 is 0. The molecule has 0 saturated carbocycles. The van der Waals surface area contributed by atoms with Crippen molar-refractivity contribution in [2.75, 3.05) is 13.1 Å². The number of benzene rings is 1. The molecule has 0 bridgehead atoms. The molecule has 0 aromatic heterocycles. The van der Waals surface area contributed by atoms with Gasteiger partial charge in [-0.2, -0.15) is 0 Å². The Morgan fingerprint density at radius 2 is 2.10 bits per heavy atom. The number of likely N-dealkylation sites (tertiary alicyclic amines) is 1. The summed E-state index contributed by atoms with van der Waals surface area (Å²) in [6.45, 7) is 6.57. The highest BCUT2D eigenvalue weighted by molar-refractivity contribution is 5.66. The van der Waals surface area contributed by atoms with Crippen LogP contribution in [0, 0.1) is 13.8 Å². The lowest BCUT2D eigenvalue weighted by Gasteiger charge is -2.37. The molecule has 1 aliphatic heterocycles. The minimum absolute atomic E-state index is 0.294. The number of unbranched alkanes of at least 4 members (excludes halogenated alkanes) is 1. The Bertz CT molecular complexity index is 484. The van der Waals surface area contributed by atoms with Crippen LogP contribution in [-0.4, -0.2) is 29.1 Å². The summed E-state index contributed by atoms with van der Waals surface area (Å²) in [6, 6.07) is 7.12. The molecule has 0 radical (unpaired) electrons. The second kappa shape index (κ2) is 7.60. The lowest BCUT2D eigenvalue weighted by atomic mass is 9.90. The van der Waals surface area contributed by atoms with Crippen LogP contribution < -0.4 is 0 Å². The van der Waals surface area contributed by atoms with E-state index in [1.165, 1.54) is 36.0 Å². The van der Waals surface area contributed by atoms with E-state index < -0.39 is 5.97 Å². The third-order valence-electron chi connectivity index (χ3n) is 4.71. The highest BCUT2D eigenvalue weighted by atomic mass is 16.4. The van der Waals surface area contributed by atoms with Crippen molar-refractivity contribution in [3.63, 3.8) is 0 Å². The van der Waals surface area contributed by atoms with Crippen molar-refractivity contribution in [2.45, 2.75) is 58.4 Å². The summed E-state index contributed by atoms with van der Waals surface area (Å²) in [7, 11) is 0. The molecule has 0 unspecified atom stereocenters. The normalized spacial score (nSPS) is 19.6. The Morgan fingerprint density at radius 3 is 2.86 bits per heavy atom. The SMILES string of the molecule is Cc1cccc([C@@H]2CCCCN2CCCCC(=O)O)c1C. The van der Waals surface area contributed by atoms with Crippen LogP contribution in [0.2, 0.25) is 0 Å². The van der Waals surface area contributed by atoms with E-state index in [0.717, 1.165) is 25.9 Å². The van der Waals surface area contributed by atoms with Gasteiger partial charge in [0, 0.05) is 12.5 Å². The molecule has 1 fully saturated rings. The number of piperidine rings is 1. The van der Waals surface area contributed by atoms with Crippen LogP contribution in [0.4, 0.5) is 0 Å². The van der Waals surface area contributed by atoms with E-state index in [0.29, 0.717) is 12.5 Å². The van der Waals surface area contributed by atoms with Gasteiger partial charge in [0.05, 0.1) is 0 Å². The van der Waals surface area contributed by atoms with Gasteiger partial charge in [-0.05, 0) is 69.3 Å². The molecular formula is C18H27NO2. The van der Waals surface area contributed by atoms with Crippen molar-refractivity contribution < 1.29 is 9.90 Å². The first-order chi connectivity index (χ1) is 10.1. The molecule has 0 amide bonds. The summed E-state index contributed by atoms with van der Waals surface area (Å²) in [5.41, 5.74) is 4.25. The fourth-order valence-electron chi connectivity index (χ4n) is 3.34. The molecule has 3 heteroatoms. The minimum Gasteiger partial charge on any atom is -0.481 e. The quantitative estimate of drug-likeness (QED) is 0.802. The number of aliphatic carboxylic acids is 1. The maximum absolute atomic E-state index is 10.6. The number of aryl methyl sites for hydroxylation is 1. The van der Waals surface area contributed by atoms with Gasteiger partial charge in [-0.3, -0.25) is 9.69 Å². The molecule has 1 atom stereocenters. The van der Waals surface area contributed by atoms with Crippen molar-refractivity contribution in [3.05, 3.63) is 34.9 Å². The van der Waals surface area contributed by atoms with Crippen molar-refractivity contribution in [3.8, 4) is 0 Å². The van der Waals surface area contributed by atoms with Crippen LogP contribution in [0.5, 0.6) is 0 Å². The lowest BCUT2D eigenvalue weighted by Crippen LogP contribution is -2.34. The monoisotopic (exact) mass is 289 g/mol. The van der Waals surface area contributed by atoms with E-state index in [2.05, 4.69) is 36.9 Å². The van der Waals surface area contributed by atoms with Gasteiger partial charge in [0.1, 0.15) is 0 Å². The van der Waals surface area contributed by atoms with Crippen molar-refractivity contribution in [2.24, 2.45) is 0 Å². The van der Waals surface area contributed by atoms with E-state index in [9.17, 15) is 4.79 Å². The van der Waals surface area contributed by atoms with Gasteiger partial charge < -0.3 is 5.11 Å². The van der Waals surface area contributed by atoms with Gasteiger partial charge in [-0.25, -0.2) is 0 Å². The molecule has 1 aliphatic rings. The molecule has 1 N–H and O–H groups in total. The number of carboxylic acids is 1. The maximum atomic E-state index is 10.6. The molecule has 1 aromatic carbocycles. The number of carbonyl (C=O) groups is 1. The number of hydrogen-bond donors (Lipinski definition) is 1. The van der Waals surface area contributed by atoms with E-state index in [1.807, 2.05) is 0 Å². The van der Waals surface area contributed by atoms with Crippen molar-refractivity contribution in [1.29, 1.82) is 0 Å². The molecule has 1 aromatic rings. The first-order valence-electron chi connectivity index (χ1n) is 8.11. The Kier molecular flexibility index (Phi) is 5.80. The molecule has 0 aliphatic carbocycles. The van der Waals surface area contributed by atoms with E-state index in [4.69, 9.17) is 5.11 Å². The fraction of sp³-hybridized carbons (Fsp3) is 0.611. The Labute approximate surface area is 128 Å². The summed E-state index contributed by atoms with van der Waals surface area (Å²) in [5, 5.41) is 8.73. The van der Waals surface area contributed by atoms with Gasteiger partial charge >= 0.3 is 5.97 Å². The first kappa shape index (κ1) is 16.0. The standard InChI is InChI=1S/C18H27NO2/c1-14-8-7-9-16(15(14)2)17-10-3-5-12-19(17)13-6-4-11-18(20)21/h7-9,17H,3-6,10-13H2,1-2H3,(H,20,21)/t17-/m0/s1. The molecule has 0 spiro atoms. The summed E-state index contributed by atoms with van der Waals surface area (Å²) in [4.78, 5) is 13.2. The van der Waals surface area contributed by atoms with Gasteiger partial charge in [0.15, 0.2) is 0 Å². The highest BCUT2D eigenvalue weighted by Crippen LogP contribution is 2.33. The van der Waals surface area contributed by atoms with E-state index in [-0.39, 0.29) is 0 Å². The third-order valence-corrected chi connectivity index (χ3v) is 4.71. The zero-order valence-corrected chi connectivity index (χ0v) is 13.3. The van der Waals surface area contributed by atoms with E-state index in [1.54, 1.807) is 0 Å². The minimum atomic E-state index is -0.681. The van der Waals surface area contributed by atoms with Gasteiger partial charge in [0.2, 0.25) is 0 Å². The zero-order valence-electron chi connectivity index (χ0n) is 13.3. The Balaban J connectivity index is 2.01.